The molecule has 3 rings (SSSR count). The summed E-state index contributed by atoms with van der Waals surface area (Å²) in [7, 11) is 2.07. The molecular formula is C18H25N3. The third kappa shape index (κ3) is 2.51. The molecule has 0 saturated heterocycles. The lowest BCUT2D eigenvalue weighted by atomic mass is 9.78. The van der Waals surface area contributed by atoms with E-state index in [0.717, 1.165) is 19.3 Å². The third-order valence-corrected chi connectivity index (χ3v) is 4.73. The van der Waals surface area contributed by atoms with Crippen LogP contribution in [0.15, 0.2) is 36.7 Å². The Hall–Kier alpha value is -1.61. The van der Waals surface area contributed by atoms with Crippen molar-refractivity contribution in [2.24, 2.45) is 0 Å². The van der Waals surface area contributed by atoms with Crippen LogP contribution in [0, 0.1) is 0 Å². The van der Waals surface area contributed by atoms with Crippen LogP contribution in [0.1, 0.15) is 61.6 Å². The monoisotopic (exact) mass is 283 g/mol. The molecule has 1 aromatic carbocycles. The predicted molar refractivity (Wildman–Crippen MR) is 86.5 cm³/mol. The van der Waals surface area contributed by atoms with Gasteiger partial charge in [-0.1, -0.05) is 38.1 Å². The average Bonchev–Trinajstić information content (AvgIpc) is 2.96. The fourth-order valence-electron chi connectivity index (χ4n) is 3.76. The lowest BCUT2D eigenvalue weighted by Crippen LogP contribution is -2.33. The van der Waals surface area contributed by atoms with Gasteiger partial charge in [0.25, 0.3) is 0 Å². The molecule has 3 heteroatoms. The smallest absolute Gasteiger partial charge is 0.108 e. The highest BCUT2D eigenvalue weighted by Crippen LogP contribution is 2.43. The molecule has 1 aromatic heterocycles. The van der Waals surface area contributed by atoms with Crippen LogP contribution in [0.3, 0.4) is 0 Å². The summed E-state index contributed by atoms with van der Waals surface area (Å²) in [5, 5.41) is 3.54. The number of nitrogens with one attached hydrogen (secondary N) is 1. The van der Waals surface area contributed by atoms with Gasteiger partial charge in [-0.25, -0.2) is 4.98 Å². The topological polar surface area (TPSA) is 29.9 Å². The van der Waals surface area contributed by atoms with Gasteiger partial charge in [-0.15, -0.1) is 0 Å². The summed E-state index contributed by atoms with van der Waals surface area (Å²) in [6.07, 6.45) is 7.45. The summed E-state index contributed by atoms with van der Waals surface area (Å²) in [5.74, 6) is 1.81. The first-order chi connectivity index (χ1) is 10.3. The highest BCUT2D eigenvalue weighted by Gasteiger charge is 2.33. The lowest BCUT2D eigenvalue weighted by Gasteiger charge is -2.38. The quantitative estimate of drug-likeness (QED) is 0.924. The predicted octanol–water partition coefficient (Wildman–Crippen LogP) is 3.84. The van der Waals surface area contributed by atoms with E-state index in [-0.39, 0.29) is 0 Å². The van der Waals surface area contributed by atoms with Crippen LogP contribution in [0.4, 0.5) is 0 Å². The number of hydrogen-bond donors (Lipinski definition) is 1. The molecular weight excluding hydrogens is 258 g/mol. The summed E-state index contributed by atoms with van der Waals surface area (Å²) >= 11 is 0. The molecule has 3 atom stereocenters. The molecule has 0 fully saturated rings. The number of likely N-dealkylation sites (N-methyl/N-ethyl adjacent to an activating group) is 1. The Labute approximate surface area is 127 Å². The van der Waals surface area contributed by atoms with Gasteiger partial charge >= 0.3 is 0 Å². The van der Waals surface area contributed by atoms with Gasteiger partial charge < -0.3 is 9.88 Å². The molecule has 1 N–H and O–H groups in total. The van der Waals surface area contributed by atoms with E-state index in [2.05, 4.69) is 66.2 Å². The molecule has 1 heterocycles. The molecule has 0 spiro atoms. The third-order valence-electron chi connectivity index (χ3n) is 4.73. The normalized spacial score (nSPS) is 24.8. The molecule has 3 nitrogen and oxygen atoms in total. The number of benzene rings is 1. The van der Waals surface area contributed by atoms with Gasteiger partial charge in [0.15, 0.2) is 0 Å². The van der Waals surface area contributed by atoms with E-state index >= 15 is 0 Å². The van der Waals surface area contributed by atoms with E-state index < -0.39 is 0 Å². The average molecular weight is 283 g/mol. The van der Waals surface area contributed by atoms with Crippen molar-refractivity contribution in [3.05, 3.63) is 53.6 Å². The molecule has 0 saturated carbocycles. The van der Waals surface area contributed by atoms with E-state index in [1.807, 2.05) is 6.20 Å². The minimum Gasteiger partial charge on any atom is -0.330 e. The number of aromatic nitrogens is 2. The van der Waals surface area contributed by atoms with Gasteiger partial charge in [-0.2, -0.15) is 0 Å². The zero-order valence-corrected chi connectivity index (χ0v) is 13.2. The SMILES string of the molecule is CCCc1nccn1C1CC(C)c2ccccc2C1NC. The second-order valence-corrected chi connectivity index (χ2v) is 6.10. The van der Waals surface area contributed by atoms with Crippen LogP contribution in [0.2, 0.25) is 0 Å². The molecule has 0 radical (unpaired) electrons. The molecule has 0 amide bonds. The zero-order valence-electron chi connectivity index (χ0n) is 13.2. The Kier molecular flexibility index (Phi) is 4.11. The maximum atomic E-state index is 4.57. The van der Waals surface area contributed by atoms with Crippen LogP contribution in [0.25, 0.3) is 0 Å². The highest BCUT2D eigenvalue weighted by molar-refractivity contribution is 5.36. The molecule has 0 aliphatic heterocycles. The van der Waals surface area contributed by atoms with E-state index in [1.165, 1.54) is 17.0 Å². The van der Waals surface area contributed by atoms with Crippen LogP contribution in [-0.2, 0) is 6.42 Å². The van der Waals surface area contributed by atoms with Gasteiger partial charge in [0.2, 0.25) is 0 Å². The van der Waals surface area contributed by atoms with Gasteiger partial charge in [-0.05, 0) is 36.9 Å². The van der Waals surface area contributed by atoms with E-state index in [0.29, 0.717) is 18.0 Å². The summed E-state index contributed by atoms with van der Waals surface area (Å²) in [4.78, 5) is 4.57. The van der Waals surface area contributed by atoms with E-state index in [4.69, 9.17) is 0 Å². The van der Waals surface area contributed by atoms with Gasteiger partial charge in [-0.3, -0.25) is 0 Å². The number of aryl methyl sites for hydroxylation is 1. The van der Waals surface area contributed by atoms with Crippen LogP contribution in [-0.4, -0.2) is 16.6 Å². The maximum Gasteiger partial charge on any atom is 0.108 e. The second-order valence-electron chi connectivity index (χ2n) is 6.10. The lowest BCUT2D eigenvalue weighted by molar-refractivity contribution is 0.304. The Bertz CT molecular complexity index is 602. The largest absolute Gasteiger partial charge is 0.330 e. The fourth-order valence-corrected chi connectivity index (χ4v) is 3.76. The Morgan fingerprint density at radius 2 is 2.05 bits per heavy atom. The standard InChI is InChI=1S/C18H25N3/c1-4-7-17-20-10-11-21(17)16-12-13(2)14-8-5-6-9-15(14)18(16)19-3/h5-6,8-11,13,16,18-19H,4,7,12H2,1-3H3. The second kappa shape index (κ2) is 6.02. The first kappa shape index (κ1) is 14.3. The van der Waals surface area contributed by atoms with Crippen molar-refractivity contribution >= 4 is 0 Å². The summed E-state index contributed by atoms with van der Waals surface area (Å²) in [6, 6.07) is 9.67. The molecule has 3 unspecified atom stereocenters. The maximum absolute atomic E-state index is 4.57. The zero-order chi connectivity index (χ0) is 14.8. The van der Waals surface area contributed by atoms with Crippen molar-refractivity contribution in [2.45, 2.75) is 51.1 Å². The number of fused-ring (bicyclic) bond motifs is 1. The minimum atomic E-state index is 0.363. The fraction of sp³-hybridized carbons (Fsp3) is 0.500. The summed E-state index contributed by atoms with van der Waals surface area (Å²) in [6.45, 7) is 4.56. The number of imidazole rings is 1. The minimum absolute atomic E-state index is 0.363. The molecule has 0 bridgehead atoms. The van der Waals surface area contributed by atoms with Crippen molar-refractivity contribution in [3.63, 3.8) is 0 Å². The van der Waals surface area contributed by atoms with Crippen LogP contribution in [0.5, 0.6) is 0 Å². The first-order valence-electron chi connectivity index (χ1n) is 8.04. The Balaban J connectivity index is 2.02. The van der Waals surface area contributed by atoms with Crippen molar-refractivity contribution in [2.75, 3.05) is 7.05 Å². The van der Waals surface area contributed by atoms with E-state index in [9.17, 15) is 0 Å². The Morgan fingerprint density at radius 3 is 2.76 bits per heavy atom. The Morgan fingerprint density at radius 1 is 1.29 bits per heavy atom. The number of rotatable bonds is 4. The van der Waals surface area contributed by atoms with Crippen molar-refractivity contribution < 1.29 is 0 Å². The van der Waals surface area contributed by atoms with Gasteiger partial charge in [0.05, 0.1) is 12.1 Å². The molecule has 21 heavy (non-hydrogen) atoms. The number of nitrogens with zero attached hydrogens (tertiary/aromatic N) is 2. The first-order valence-corrected chi connectivity index (χ1v) is 8.04. The molecule has 112 valence electrons. The molecule has 2 aromatic rings. The molecule has 1 aliphatic rings. The molecule has 1 aliphatic carbocycles. The van der Waals surface area contributed by atoms with Gasteiger partial charge in [0, 0.05) is 18.8 Å². The van der Waals surface area contributed by atoms with Crippen molar-refractivity contribution in [1.82, 2.24) is 14.9 Å². The van der Waals surface area contributed by atoms with Gasteiger partial charge in [0.1, 0.15) is 5.82 Å². The van der Waals surface area contributed by atoms with Crippen molar-refractivity contribution in [3.8, 4) is 0 Å². The summed E-state index contributed by atoms with van der Waals surface area (Å²) < 4.78 is 2.40. The van der Waals surface area contributed by atoms with Crippen LogP contribution < -0.4 is 5.32 Å². The highest BCUT2D eigenvalue weighted by atomic mass is 15.1. The van der Waals surface area contributed by atoms with Crippen LogP contribution >= 0.6 is 0 Å². The van der Waals surface area contributed by atoms with E-state index in [1.54, 1.807) is 0 Å². The number of hydrogen-bond acceptors (Lipinski definition) is 2. The summed E-state index contributed by atoms with van der Waals surface area (Å²) in [5.41, 5.74) is 2.94. The van der Waals surface area contributed by atoms with Crippen molar-refractivity contribution in [1.29, 1.82) is 0 Å².